The minimum Gasteiger partial charge on any atom is -0.383 e. The van der Waals surface area contributed by atoms with Gasteiger partial charge in [-0.3, -0.25) is 4.79 Å². The zero-order valence-electron chi connectivity index (χ0n) is 8.23. The highest BCUT2D eigenvalue weighted by Gasteiger charge is 2.35. The van der Waals surface area contributed by atoms with Gasteiger partial charge in [0.25, 0.3) is 0 Å². The molecule has 0 spiro atoms. The van der Waals surface area contributed by atoms with Gasteiger partial charge in [0.15, 0.2) is 0 Å². The van der Waals surface area contributed by atoms with Crippen LogP contribution in [0, 0.1) is 0 Å². The van der Waals surface area contributed by atoms with E-state index in [1.807, 2.05) is 17.8 Å². The molecule has 0 aliphatic heterocycles. The summed E-state index contributed by atoms with van der Waals surface area (Å²) >= 11 is 0. The predicted molar refractivity (Wildman–Crippen MR) is 50.6 cm³/mol. The summed E-state index contributed by atoms with van der Waals surface area (Å²) in [7, 11) is 1.87. The summed E-state index contributed by atoms with van der Waals surface area (Å²) in [6.45, 7) is 0. The van der Waals surface area contributed by atoms with Gasteiger partial charge in [-0.25, -0.2) is 4.98 Å². The van der Waals surface area contributed by atoms with Crippen molar-refractivity contribution in [2.24, 2.45) is 7.05 Å². The second-order valence-corrected chi connectivity index (χ2v) is 3.99. The average Bonchev–Trinajstić information content (AvgIpc) is 2.58. The van der Waals surface area contributed by atoms with Gasteiger partial charge < -0.3 is 9.67 Å². The van der Waals surface area contributed by atoms with Crippen LogP contribution in [0.1, 0.15) is 31.4 Å². The van der Waals surface area contributed by atoms with E-state index in [0.717, 1.165) is 0 Å². The lowest BCUT2D eigenvalue weighted by molar-refractivity contribution is -0.125. The largest absolute Gasteiger partial charge is 0.383 e. The fourth-order valence-electron chi connectivity index (χ4n) is 1.85. The lowest BCUT2D eigenvalue weighted by Gasteiger charge is -2.29. The summed E-state index contributed by atoms with van der Waals surface area (Å²) < 4.78 is 1.81. The van der Waals surface area contributed by atoms with Crippen LogP contribution in [0.25, 0.3) is 0 Å². The first-order valence-electron chi connectivity index (χ1n) is 4.83. The van der Waals surface area contributed by atoms with Crippen LogP contribution in [-0.2, 0) is 17.4 Å². The Kier molecular flexibility index (Phi) is 2.15. The molecule has 0 aromatic carbocycles. The second-order valence-electron chi connectivity index (χ2n) is 3.99. The first-order valence-corrected chi connectivity index (χ1v) is 4.83. The van der Waals surface area contributed by atoms with E-state index >= 15 is 0 Å². The number of Topliss-reactive ketones (excluding diaryl/α,β-unsaturated/α-hetero) is 1. The maximum absolute atomic E-state index is 11.1. The first-order chi connectivity index (χ1) is 6.60. The van der Waals surface area contributed by atoms with Gasteiger partial charge in [-0.15, -0.1) is 0 Å². The van der Waals surface area contributed by atoms with Crippen molar-refractivity contribution >= 4 is 5.78 Å². The molecule has 4 heteroatoms. The summed E-state index contributed by atoms with van der Waals surface area (Å²) in [5.41, 5.74) is -0.192. The van der Waals surface area contributed by atoms with Gasteiger partial charge in [-0.05, 0) is 12.8 Å². The van der Waals surface area contributed by atoms with Crippen LogP contribution in [0.2, 0.25) is 0 Å². The molecule has 1 aromatic heterocycles. The van der Waals surface area contributed by atoms with Crippen LogP contribution in [0.3, 0.4) is 0 Å². The number of aromatic nitrogens is 2. The Morgan fingerprint density at radius 2 is 2.14 bits per heavy atom. The molecule has 1 aliphatic carbocycles. The molecule has 1 aliphatic rings. The van der Waals surface area contributed by atoms with E-state index in [9.17, 15) is 9.90 Å². The molecule has 4 nitrogen and oxygen atoms in total. The molecule has 0 bridgehead atoms. The summed E-state index contributed by atoms with van der Waals surface area (Å²) in [4.78, 5) is 15.2. The molecule has 1 fully saturated rings. The van der Waals surface area contributed by atoms with Crippen molar-refractivity contribution in [2.75, 3.05) is 0 Å². The number of ketones is 1. The Hall–Kier alpha value is -1.16. The lowest BCUT2D eigenvalue weighted by atomic mass is 9.82. The third-order valence-electron chi connectivity index (χ3n) is 2.82. The molecular formula is C10H14N2O2. The molecule has 1 saturated carbocycles. The fourth-order valence-corrected chi connectivity index (χ4v) is 1.85. The Morgan fingerprint density at radius 3 is 2.64 bits per heavy atom. The van der Waals surface area contributed by atoms with Crippen LogP contribution >= 0.6 is 0 Å². The summed E-state index contributed by atoms with van der Waals surface area (Å²) in [6.07, 6.45) is 5.42. The lowest BCUT2D eigenvalue weighted by Crippen LogP contribution is -2.31. The molecule has 1 heterocycles. The second kappa shape index (κ2) is 3.20. The maximum Gasteiger partial charge on any atom is 0.133 e. The SMILES string of the molecule is Cn1cnc(C2(O)CCC(=O)CC2)c1. The number of hydrogen-bond donors (Lipinski definition) is 1. The molecule has 76 valence electrons. The van der Waals surface area contributed by atoms with Gasteiger partial charge in [0.05, 0.1) is 12.0 Å². The van der Waals surface area contributed by atoms with Crippen LogP contribution < -0.4 is 0 Å². The monoisotopic (exact) mass is 194 g/mol. The molecule has 2 rings (SSSR count). The number of aliphatic hydroxyl groups is 1. The van der Waals surface area contributed by atoms with Crippen molar-refractivity contribution in [3.8, 4) is 0 Å². The highest BCUT2D eigenvalue weighted by atomic mass is 16.3. The Balaban J connectivity index is 2.20. The zero-order valence-corrected chi connectivity index (χ0v) is 8.23. The average molecular weight is 194 g/mol. The number of nitrogens with zero attached hydrogens (tertiary/aromatic N) is 2. The third kappa shape index (κ3) is 1.57. The minimum absolute atomic E-state index is 0.241. The number of carbonyl (C=O) groups is 1. The van der Waals surface area contributed by atoms with Crippen molar-refractivity contribution < 1.29 is 9.90 Å². The fraction of sp³-hybridized carbons (Fsp3) is 0.600. The number of carbonyl (C=O) groups excluding carboxylic acids is 1. The summed E-state index contributed by atoms with van der Waals surface area (Å²) in [5, 5.41) is 10.2. The summed E-state index contributed by atoms with van der Waals surface area (Å²) in [6, 6.07) is 0. The smallest absolute Gasteiger partial charge is 0.133 e. The molecule has 0 saturated heterocycles. The third-order valence-corrected chi connectivity index (χ3v) is 2.82. The van der Waals surface area contributed by atoms with E-state index in [4.69, 9.17) is 0 Å². The molecule has 0 atom stereocenters. The molecular weight excluding hydrogens is 180 g/mol. The van der Waals surface area contributed by atoms with Crippen LogP contribution in [-0.4, -0.2) is 20.4 Å². The summed E-state index contributed by atoms with van der Waals surface area (Å²) in [5.74, 6) is 0.241. The Morgan fingerprint density at radius 1 is 1.50 bits per heavy atom. The Labute approximate surface area is 82.6 Å². The van der Waals surface area contributed by atoms with Crippen molar-refractivity contribution in [2.45, 2.75) is 31.3 Å². The van der Waals surface area contributed by atoms with Crippen molar-refractivity contribution in [3.05, 3.63) is 18.2 Å². The number of rotatable bonds is 1. The van der Waals surface area contributed by atoms with E-state index in [1.54, 1.807) is 6.33 Å². The van der Waals surface area contributed by atoms with Crippen molar-refractivity contribution in [3.63, 3.8) is 0 Å². The molecule has 0 unspecified atom stereocenters. The molecule has 0 radical (unpaired) electrons. The van der Waals surface area contributed by atoms with Gasteiger partial charge in [0.1, 0.15) is 11.4 Å². The van der Waals surface area contributed by atoms with Gasteiger partial charge >= 0.3 is 0 Å². The van der Waals surface area contributed by atoms with E-state index in [0.29, 0.717) is 31.4 Å². The van der Waals surface area contributed by atoms with Crippen LogP contribution in [0.5, 0.6) is 0 Å². The highest BCUT2D eigenvalue weighted by molar-refractivity contribution is 5.79. The first kappa shape index (κ1) is 9.40. The van der Waals surface area contributed by atoms with E-state index in [-0.39, 0.29) is 5.78 Å². The van der Waals surface area contributed by atoms with Crippen molar-refractivity contribution in [1.29, 1.82) is 0 Å². The maximum atomic E-state index is 11.1. The minimum atomic E-state index is -0.880. The zero-order chi connectivity index (χ0) is 10.2. The van der Waals surface area contributed by atoms with E-state index in [1.165, 1.54) is 0 Å². The van der Waals surface area contributed by atoms with E-state index < -0.39 is 5.60 Å². The van der Waals surface area contributed by atoms with Gasteiger partial charge in [-0.2, -0.15) is 0 Å². The molecule has 14 heavy (non-hydrogen) atoms. The van der Waals surface area contributed by atoms with E-state index in [2.05, 4.69) is 4.98 Å². The quantitative estimate of drug-likeness (QED) is 0.717. The van der Waals surface area contributed by atoms with Crippen LogP contribution in [0.15, 0.2) is 12.5 Å². The Bertz CT molecular complexity index is 347. The number of hydrogen-bond acceptors (Lipinski definition) is 3. The number of imidazole rings is 1. The van der Waals surface area contributed by atoms with Crippen LogP contribution in [0.4, 0.5) is 0 Å². The molecule has 0 amide bonds. The molecule has 1 aromatic rings. The molecule has 1 N–H and O–H groups in total. The van der Waals surface area contributed by atoms with Crippen molar-refractivity contribution in [1.82, 2.24) is 9.55 Å². The number of aryl methyl sites for hydroxylation is 1. The standard InChI is InChI=1S/C10H14N2O2/c1-12-6-9(11-7-12)10(14)4-2-8(13)3-5-10/h6-7,14H,2-5H2,1H3. The predicted octanol–water partition coefficient (Wildman–Crippen LogP) is 0.751. The highest BCUT2D eigenvalue weighted by Crippen LogP contribution is 2.34. The topological polar surface area (TPSA) is 55.1 Å². The van der Waals surface area contributed by atoms with Gasteiger partial charge in [0.2, 0.25) is 0 Å². The van der Waals surface area contributed by atoms with Gasteiger partial charge in [-0.1, -0.05) is 0 Å². The van der Waals surface area contributed by atoms with Gasteiger partial charge in [0, 0.05) is 26.1 Å². The normalized spacial score (nSPS) is 21.1.